The third-order valence-corrected chi connectivity index (χ3v) is 5.07. The maximum atomic E-state index is 12.3. The standard InChI is InChI=1S/C21H22ClN3O3/c22-18-8-5-7-17(14-18)20(24-12-3-4-13-24)15-23-21(26)11-10-16-6-1-2-9-19(16)25(27)28/h1-2,5-11,14,20H,3-4,12-13,15H2,(H,23,26)/b11-10+. The summed E-state index contributed by atoms with van der Waals surface area (Å²) in [4.78, 5) is 25.3. The molecule has 7 heteroatoms. The molecule has 0 bridgehead atoms. The fraction of sp³-hybridized carbons (Fsp3) is 0.286. The average molecular weight is 400 g/mol. The third-order valence-electron chi connectivity index (χ3n) is 4.83. The summed E-state index contributed by atoms with van der Waals surface area (Å²) >= 11 is 6.14. The van der Waals surface area contributed by atoms with Crippen LogP contribution < -0.4 is 5.32 Å². The van der Waals surface area contributed by atoms with Crippen LogP contribution in [0.3, 0.4) is 0 Å². The molecular formula is C21H22ClN3O3. The average Bonchev–Trinajstić information content (AvgIpc) is 3.21. The summed E-state index contributed by atoms with van der Waals surface area (Å²) in [7, 11) is 0. The molecule has 1 unspecified atom stereocenters. The topological polar surface area (TPSA) is 75.5 Å². The first kappa shape index (κ1) is 20.0. The summed E-state index contributed by atoms with van der Waals surface area (Å²) in [6.07, 6.45) is 5.09. The number of carbonyl (C=O) groups is 1. The Morgan fingerprint density at radius 2 is 1.96 bits per heavy atom. The number of benzene rings is 2. The Morgan fingerprint density at radius 3 is 2.68 bits per heavy atom. The van der Waals surface area contributed by atoms with Crippen LogP contribution in [0.4, 0.5) is 5.69 Å². The molecule has 0 saturated carbocycles. The van der Waals surface area contributed by atoms with Crippen molar-refractivity contribution < 1.29 is 9.72 Å². The predicted octanol–water partition coefficient (Wildman–Crippen LogP) is 4.21. The van der Waals surface area contributed by atoms with E-state index >= 15 is 0 Å². The lowest BCUT2D eigenvalue weighted by Crippen LogP contribution is -2.36. The Labute approximate surface area is 169 Å². The SMILES string of the molecule is O=C(/C=C/c1ccccc1[N+](=O)[O-])NCC(c1cccc(Cl)c1)N1CCCC1. The minimum Gasteiger partial charge on any atom is -0.351 e. The van der Waals surface area contributed by atoms with Gasteiger partial charge in [-0.15, -0.1) is 0 Å². The van der Waals surface area contributed by atoms with Crippen LogP contribution in [0.15, 0.2) is 54.6 Å². The van der Waals surface area contributed by atoms with E-state index in [-0.39, 0.29) is 17.6 Å². The maximum Gasteiger partial charge on any atom is 0.276 e. The molecule has 0 radical (unpaired) electrons. The smallest absolute Gasteiger partial charge is 0.276 e. The molecule has 0 aliphatic carbocycles. The minimum absolute atomic E-state index is 0.0274. The molecule has 6 nitrogen and oxygen atoms in total. The number of hydrogen-bond donors (Lipinski definition) is 1. The lowest BCUT2D eigenvalue weighted by atomic mass is 10.1. The summed E-state index contributed by atoms with van der Waals surface area (Å²) in [5.74, 6) is -0.288. The van der Waals surface area contributed by atoms with Gasteiger partial charge in [0.2, 0.25) is 5.91 Å². The molecule has 0 aromatic heterocycles. The number of nitrogens with one attached hydrogen (secondary N) is 1. The van der Waals surface area contributed by atoms with Crippen molar-refractivity contribution in [3.8, 4) is 0 Å². The molecule has 2 aromatic carbocycles. The highest BCUT2D eigenvalue weighted by atomic mass is 35.5. The Balaban J connectivity index is 1.68. The van der Waals surface area contributed by atoms with Crippen LogP contribution in [0.2, 0.25) is 5.02 Å². The zero-order valence-corrected chi connectivity index (χ0v) is 16.1. The molecule has 1 aliphatic rings. The van der Waals surface area contributed by atoms with Gasteiger partial charge < -0.3 is 5.32 Å². The van der Waals surface area contributed by atoms with Crippen molar-refractivity contribution in [3.63, 3.8) is 0 Å². The van der Waals surface area contributed by atoms with Crippen LogP contribution in [0, 0.1) is 10.1 Å². The molecule has 2 aromatic rings. The van der Waals surface area contributed by atoms with Gasteiger partial charge in [-0.1, -0.05) is 35.9 Å². The highest BCUT2D eigenvalue weighted by Crippen LogP contribution is 2.26. The largest absolute Gasteiger partial charge is 0.351 e. The van der Waals surface area contributed by atoms with Crippen LogP contribution >= 0.6 is 11.6 Å². The Hall–Kier alpha value is -2.70. The number of hydrogen-bond acceptors (Lipinski definition) is 4. The summed E-state index contributed by atoms with van der Waals surface area (Å²) in [5.41, 5.74) is 1.44. The maximum absolute atomic E-state index is 12.3. The second-order valence-corrected chi connectivity index (χ2v) is 7.14. The number of halogens is 1. The predicted molar refractivity (Wildman–Crippen MR) is 110 cm³/mol. The van der Waals surface area contributed by atoms with Gasteiger partial charge in [0, 0.05) is 23.7 Å². The van der Waals surface area contributed by atoms with Gasteiger partial charge in [0.25, 0.3) is 5.69 Å². The minimum atomic E-state index is -0.458. The van der Waals surface area contributed by atoms with Gasteiger partial charge in [-0.3, -0.25) is 19.8 Å². The van der Waals surface area contributed by atoms with Crippen molar-refractivity contribution >= 4 is 29.3 Å². The van der Waals surface area contributed by atoms with Crippen molar-refractivity contribution in [2.24, 2.45) is 0 Å². The molecule has 1 saturated heterocycles. The lowest BCUT2D eigenvalue weighted by Gasteiger charge is -2.28. The van der Waals surface area contributed by atoms with Crippen molar-refractivity contribution in [2.45, 2.75) is 18.9 Å². The normalized spacial score (nSPS) is 15.6. The van der Waals surface area contributed by atoms with E-state index in [1.165, 1.54) is 18.2 Å². The fourth-order valence-electron chi connectivity index (χ4n) is 3.44. The summed E-state index contributed by atoms with van der Waals surface area (Å²) in [5, 5.41) is 14.7. The molecule has 0 spiro atoms. The highest BCUT2D eigenvalue weighted by molar-refractivity contribution is 6.30. The molecule has 1 heterocycles. The summed E-state index contributed by atoms with van der Waals surface area (Å²) in [6, 6.07) is 14.1. The van der Waals surface area contributed by atoms with Crippen LogP contribution in [0.1, 0.15) is 30.0 Å². The van der Waals surface area contributed by atoms with E-state index in [1.54, 1.807) is 18.2 Å². The quantitative estimate of drug-likeness (QED) is 0.429. The van der Waals surface area contributed by atoms with Gasteiger partial charge >= 0.3 is 0 Å². The summed E-state index contributed by atoms with van der Waals surface area (Å²) < 4.78 is 0. The van der Waals surface area contributed by atoms with Gasteiger partial charge in [-0.05, 0) is 55.8 Å². The van der Waals surface area contributed by atoms with E-state index in [1.807, 2.05) is 24.3 Å². The molecular weight excluding hydrogens is 378 g/mol. The van der Waals surface area contributed by atoms with E-state index in [4.69, 9.17) is 11.6 Å². The first-order chi connectivity index (χ1) is 13.5. The lowest BCUT2D eigenvalue weighted by molar-refractivity contribution is -0.385. The second-order valence-electron chi connectivity index (χ2n) is 6.71. The van der Waals surface area contributed by atoms with Crippen molar-refractivity contribution in [1.29, 1.82) is 0 Å². The zero-order valence-electron chi connectivity index (χ0n) is 15.4. The first-order valence-corrected chi connectivity index (χ1v) is 9.61. The first-order valence-electron chi connectivity index (χ1n) is 9.23. The van der Waals surface area contributed by atoms with Crippen molar-refractivity contribution in [3.05, 3.63) is 80.9 Å². The number of para-hydroxylation sites is 1. The number of nitro benzene ring substituents is 1. The van der Waals surface area contributed by atoms with E-state index in [0.29, 0.717) is 17.1 Å². The molecule has 28 heavy (non-hydrogen) atoms. The Bertz CT molecular complexity index is 879. The monoisotopic (exact) mass is 399 g/mol. The molecule has 1 amide bonds. The van der Waals surface area contributed by atoms with Crippen LogP contribution in [0.25, 0.3) is 6.08 Å². The molecule has 3 rings (SSSR count). The summed E-state index contributed by atoms with van der Waals surface area (Å²) in [6.45, 7) is 2.42. The number of likely N-dealkylation sites (tertiary alicyclic amines) is 1. The van der Waals surface area contributed by atoms with Gasteiger partial charge in [-0.25, -0.2) is 0 Å². The van der Waals surface area contributed by atoms with Crippen LogP contribution in [0.5, 0.6) is 0 Å². The molecule has 146 valence electrons. The van der Waals surface area contributed by atoms with E-state index < -0.39 is 4.92 Å². The van der Waals surface area contributed by atoms with Crippen molar-refractivity contribution in [1.82, 2.24) is 10.2 Å². The van der Waals surface area contributed by atoms with E-state index in [9.17, 15) is 14.9 Å². The number of nitro groups is 1. The molecule has 1 N–H and O–H groups in total. The number of nitrogens with zero attached hydrogens (tertiary/aromatic N) is 2. The number of amides is 1. The molecule has 1 atom stereocenters. The zero-order chi connectivity index (χ0) is 19.9. The Morgan fingerprint density at radius 1 is 1.21 bits per heavy atom. The van der Waals surface area contributed by atoms with Crippen molar-refractivity contribution in [2.75, 3.05) is 19.6 Å². The number of rotatable bonds is 7. The van der Waals surface area contributed by atoms with Gasteiger partial charge in [0.05, 0.1) is 16.5 Å². The van der Waals surface area contributed by atoms with Crippen LogP contribution in [-0.2, 0) is 4.79 Å². The number of carbonyl (C=O) groups excluding carboxylic acids is 1. The van der Waals surface area contributed by atoms with Gasteiger partial charge in [-0.2, -0.15) is 0 Å². The second kappa shape index (κ2) is 9.48. The molecule has 1 fully saturated rings. The van der Waals surface area contributed by atoms with Crippen LogP contribution in [-0.4, -0.2) is 35.4 Å². The van der Waals surface area contributed by atoms with Gasteiger partial charge in [0.15, 0.2) is 0 Å². The Kier molecular flexibility index (Phi) is 6.79. The fourth-order valence-corrected chi connectivity index (χ4v) is 3.64. The van der Waals surface area contributed by atoms with E-state index in [0.717, 1.165) is 31.5 Å². The highest BCUT2D eigenvalue weighted by Gasteiger charge is 2.24. The van der Waals surface area contributed by atoms with Gasteiger partial charge in [0.1, 0.15) is 0 Å². The van der Waals surface area contributed by atoms with E-state index in [2.05, 4.69) is 10.2 Å². The molecule has 1 aliphatic heterocycles. The third kappa shape index (κ3) is 5.18.